The van der Waals surface area contributed by atoms with Crippen LogP contribution in [0.25, 0.3) is 0 Å². The van der Waals surface area contributed by atoms with Gasteiger partial charge in [-0.05, 0) is 52.2 Å². The molecule has 1 N–H and O–H groups in total. The summed E-state index contributed by atoms with van der Waals surface area (Å²) in [6, 6.07) is 13.8. The van der Waals surface area contributed by atoms with Crippen molar-refractivity contribution in [2.75, 3.05) is 5.32 Å². The number of nitrogens with zero attached hydrogens (tertiary/aromatic N) is 4. The first-order chi connectivity index (χ1) is 13.3. The lowest BCUT2D eigenvalue weighted by Crippen LogP contribution is -2.19. The van der Waals surface area contributed by atoms with Crippen LogP contribution in [0, 0.1) is 0 Å². The minimum Gasteiger partial charge on any atom is -0.346 e. The van der Waals surface area contributed by atoms with Gasteiger partial charge in [-0.25, -0.2) is 9.67 Å². The maximum absolute atomic E-state index is 12.6. The minimum atomic E-state index is -0.0103. The van der Waals surface area contributed by atoms with Crippen LogP contribution >= 0.6 is 11.3 Å². The molecule has 0 bridgehead atoms. The van der Waals surface area contributed by atoms with Gasteiger partial charge in [0.15, 0.2) is 0 Å². The number of nitrogens with one attached hydrogen (secondary N) is 1. The summed E-state index contributed by atoms with van der Waals surface area (Å²) in [7, 11) is 0. The first kappa shape index (κ1) is 17.2. The van der Waals surface area contributed by atoms with Crippen LogP contribution in [0.4, 0.5) is 5.69 Å². The third-order valence-electron chi connectivity index (χ3n) is 4.34. The second-order valence-corrected chi connectivity index (χ2v) is 7.03. The number of hydrogen-bond donors (Lipinski definition) is 1. The van der Waals surface area contributed by atoms with Gasteiger partial charge in [0.1, 0.15) is 12.7 Å². The number of amides is 1. The van der Waals surface area contributed by atoms with Crippen molar-refractivity contribution in [1.82, 2.24) is 19.3 Å². The average Bonchev–Trinajstić information content (AvgIpc) is 3.44. The Bertz CT molecular complexity index is 926. The molecule has 0 fully saturated rings. The van der Waals surface area contributed by atoms with Gasteiger partial charge in [0, 0.05) is 18.1 Å². The lowest BCUT2D eigenvalue weighted by molar-refractivity contribution is -0.116. The predicted octanol–water partition coefficient (Wildman–Crippen LogP) is 3.81. The molecule has 0 spiro atoms. The van der Waals surface area contributed by atoms with Crippen molar-refractivity contribution in [3.63, 3.8) is 0 Å². The molecular weight excluding hydrogens is 358 g/mol. The molecule has 3 aromatic heterocycles. The number of carbonyl (C=O) groups is 1. The third kappa shape index (κ3) is 4.32. The third-order valence-corrected chi connectivity index (χ3v) is 5.04. The highest BCUT2D eigenvalue weighted by molar-refractivity contribution is 7.08. The van der Waals surface area contributed by atoms with E-state index in [1.54, 1.807) is 22.3 Å². The van der Waals surface area contributed by atoms with Crippen molar-refractivity contribution >= 4 is 22.9 Å². The maximum atomic E-state index is 12.6. The van der Waals surface area contributed by atoms with Gasteiger partial charge in [-0.2, -0.15) is 16.4 Å². The Hall–Kier alpha value is -3.19. The van der Waals surface area contributed by atoms with Gasteiger partial charge in [0.25, 0.3) is 0 Å². The zero-order chi connectivity index (χ0) is 18.5. The topological polar surface area (TPSA) is 64.7 Å². The highest BCUT2D eigenvalue weighted by Gasteiger charge is 2.17. The Morgan fingerprint density at radius 2 is 1.96 bits per heavy atom. The molecule has 1 atom stereocenters. The Morgan fingerprint density at radius 1 is 1.15 bits per heavy atom. The monoisotopic (exact) mass is 377 g/mol. The number of carbonyl (C=O) groups excluding carboxylic acids is 1. The quantitative estimate of drug-likeness (QED) is 0.533. The summed E-state index contributed by atoms with van der Waals surface area (Å²) in [5, 5.41) is 11.2. The van der Waals surface area contributed by atoms with E-state index in [2.05, 4.69) is 31.4 Å². The largest absolute Gasteiger partial charge is 0.346 e. The molecule has 0 aliphatic heterocycles. The molecule has 4 aromatic rings. The molecule has 136 valence electrons. The van der Waals surface area contributed by atoms with Gasteiger partial charge in [-0.3, -0.25) is 4.79 Å². The summed E-state index contributed by atoms with van der Waals surface area (Å²) in [4.78, 5) is 16.5. The molecule has 1 amide bonds. The second-order valence-electron chi connectivity index (χ2n) is 6.25. The Kier molecular flexibility index (Phi) is 5.11. The van der Waals surface area contributed by atoms with Crippen molar-refractivity contribution in [2.24, 2.45) is 0 Å². The first-order valence-corrected chi connectivity index (χ1v) is 9.58. The second kappa shape index (κ2) is 8.01. The molecule has 6 nitrogen and oxygen atoms in total. The molecule has 0 aliphatic carbocycles. The normalized spacial score (nSPS) is 12.0. The maximum Gasteiger partial charge on any atom is 0.226 e. The van der Waals surface area contributed by atoms with Crippen molar-refractivity contribution in [3.05, 3.63) is 89.4 Å². The van der Waals surface area contributed by atoms with Gasteiger partial charge < -0.3 is 9.88 Å². The SMILES string of the molecule is O=C(C[C@@H](c1ccsc1)n1cccc1)Nc1ccc(Cn2cncn2)cc1. The van der Waals surface area contributed by atoms with E-state index in [1.807, 2.05) is 54.2 Å². The molecule has 0 unspecified atom stereocenters. The van der Waals surface area contributed by atoms with Crippen LogP contribution in [-0.2, 0) is 11.3 Å². The molecule has 0 saturated heterocycles. The van der Waals surface area contributed by atoms with Gasteiger partial charge in [0.2, 0.25) is 5.91 Å². The average molecular weight is 377 g/mol. The smallest absolute Gasteiger partial charge is 0.226 e. The van der Waals surface area contributed by atoms with Crippen LogP contribution in [0.3, 0.4) is 0 Å². The van der Waals surface area contributed by atoms with Crippen LogP contribution in [0.15, 0.2) is 78.3 Å². The van der Waals surface area contributed by atoms with E-state index >= 15 is 0 Å². The minimum absolute atomic E-state index is 0.00200. The molecule has 7 heteroatoms. The van der Waals surface area contributed by atoms with E-state index in [0.29, 0.717) is 13.0 Å². The first-order valence-electron chi connectivity index (χ1n) is 8.64. The fraction of sp³-hybridized carbons (Fsp3) is 0.150. The Balaban J connectivity index is 1.41. The molecule has 0 saturated carbocycles. The van der Waals surface area contributed by atoms with Crippen molar-refractivity contribution in [2.45, 2.75) is 19.0 Å². The Morgan fingerprint density at radius 3 is 2.63 bits per heavy atom. The van der Waals surface area contributed by atoms with Crippen LogP contribution in [0.2, 0.25) is 0 Å². The predicted molar refractivity (Wildman–Crippen MR) is 106 cm³/mol. The van der Waals surface area contributed by atoms with Crippen LogP contribution in [0.1, 0.15) is 23.6 Å². The van der Waals surface area contributed by atoms with E-state index in [9.17, 15) is 4.79 Å². The number of anilines is 1. The summed E-state index contributed by atoms with van der Waals surface area (Å²) in [5.74, 6) is -0.0103. The molecule has 1 aromatic carbocycles. The lowest BCUT2D eigenvalue weighted by Gasteiger charge is -2.18. The van der Waals surface area contributed by atoms with Gasteiger partial charge in [-0.1, -0.05) is 12.1 Å². The zero-order valence-electron chi connectivity index (χ0n) is 14.6. The summed E-state index contributed by atoms with van der Waals surface area (Å²) in [5.41, 5.74) is 3.04. The molecule has 3 heterocycles. The van der Waals surface area contributed by atoms with Crippen molar-refractivity contribution < 1.29 is 4.79 Å². The number of rotatable bonds is 7. The van der Waals surface area contributed by atoms with Crippen LogP contribution < -0.4 is 5.32 Å². The molecule has 27 heavy (non-hydrogen) atoms. The van der Waals surface area contributed by atoms with E-state index in [1.165, 1.54) is 6.33 Å². The van der Waals surface area contributed by atoms with Gasteiger partial charge in [-0.15, -0.1) is 0 Å². The van der Waals surface area contributed by atoms with Crippen LogP contribution in [0.5, 0.6) is 0 Å². The molecule has 0 radical (unpaired) electrons. The molecule has 0 aliphatic rings. The molecule has 4 rings (SSSR count). The summed E-state index contributed by atoms with van der Waals surface area (Å²) >= 11 is 1.64. The number of hydrogen-bond acceptors (Lipinski definition) is 4. The van der Waals surface area contributed by atoms with E-state index in [0.717, 1.165) is 16.8 Å². The summed E-state index contributed by atoms with van der Waals surface area (Å²) < 4.78 is 3.83. The van der Waals surface area contributed by atoms with E-state index < -0.39 is 0 Å². The Labute approximate surface area is 161 Å². The van der Waals surface area contributed by atoms with Crippen molar-refractivity contribution in [3.8, 4) is 0 Å². The number of thiophene rings is 1. The summed E-state index contributed by atoms with van der Waals surface area (Å²) in [6.45, 7) is 0.655. The highest BCUT2D eigenvalue weighted by atomic mass is 32.1. The zero-order valence-corrected chi connectivity index (χ0v) is 15.4. The van der Waals surface area contributed by atoms with Gasteiger partial charge in [0.05, 0.1) is 19.0 Å². The number of aromatic nitrogens is 4. The summed E-state index contributed by atoms with van der Waals surface area (Å²) in [6.07, 6.45) is 7.57. The fourth-order valence-electron chi connectivity index (χ4n) is 3.00. The fourth-order valence-corrected chi connectivity index (χ4v) is 3.71. The lowest BCUT2D eigenvalue weighted by atomic mass is 10.1. The van der Waals surface area contributed by atoms with Gasteiger partial charge >= 0.3 is 0 Å². The van der Waals surface area contributed by atoms with Crippen molar-refractivity contribution in [1.29, 1.82) is 0 Å². The van der Waals surface area contributed by atoms with E-state index in [-0.39, 0.29) is 11.9 Å². The molecular formula is C20H19N5OS. The highest BCUT2D eigenvalue weighted by Crippen LogP contribution is 2.25. The van der Waals surface area contributed by atoms with E-state index in [4.69, 9.17) is 0 Å². The van der Waals surface area contributed by atoms with Crippen LogP contribution in [-0.4, -0.2) is 25.2 Å². The number of benzene rings is 1. The standard InChI is InChI=1S/C20H19N5OS/c26-20(11-19(17-7-10-27-13-17)24-8-1-2-9-24)23-18-5-3-16(4-6-18)12-25-15-21-14-22-25/h1-10,13-15,19H,11-12H2,(H,23,26)/t19-/m0/s1.